The lowest BCUT2D eigenvalue weighted by Crippen LogP contribution is -1.97. The summed E-state index contributed by atoms with van der Waals surface area (Å²) in [5.41, 5.74) is 0. The van der Waals surface area contributed by atoms with E-state index in [1.165, 1.54) is 0 Å². The van der Waals surface area contributed by atoms with Crippen molar-refractivity contribution >= 4 is 19.4 Å². The van der Waals surface area contributed by atoms with Crippen molar-refractivity contribution < 1.29 is 24.2 Å². The predicted octanol–water partition coefficient (Wildman–Crippen LogP) is 0.312. The lowest BCUT2D eigenvalue weighted by Gasteiger charge is -2.00. The molecule has 0 aliphatic rings. The fraction of sp³-hybridized carbons (Fsp3) is 0.600. The van der Waals surface area contributed by atoms with Crippen molar-refractivity contribution in [2.45, 2.75) is 12.8 Å². The molecular formula is C5H9O5P. The van der Waals surface area contributed by atoms with Crippen molar-refractivity contribution in [3.8, 4) is 0 Å². The number of aliphatic carboxylic acids is 1. The van der Waals surface area contributed by atoms with Crippen LogP contribution in [0.3, 0.4) is 0 Å². The third-order valence-electron chi connectivity index (χ3n) is 1.03. The first-order valence-electron chi connectivity index (χ1n) is 2.97. The third-order valence-corrected chi connectivity index (χ3v) is 2.32. The fourth-order valence-corrected chi connectivity index (χ4v) is 1.23. The van der Waals surface area contributed by atoms with Gasteiger partial charge in [-0.25, -0.2) is 0 Å². The van der Waals surface area contributed by atoms with Gasteiger partial charge in [0.1, 0.15) is 0 Å². The fourth-order valence-electron chi connectivity index (χ4n) is 0.510. The molecule has 64 valence electrons. The van der Waals surface area contributed by atoms with Gasteiger partial charge in [0.05, 0.1) is 0 Å². The van der Waals surface area contributed by atoms with Crippen LogP contribution in [0.25, 0.3) is 0 Å². The highest BCUT2D eigenvalue weighted by Gasteiger charge is 2.15. The SMILES string of the molecule is O=CP(=O)(O)CCCC(=O)O. The first-order valence-corrected chi connectivity index (χ1v) is 4.89. The highest BCUT2D eigenvalue weighted by atomic mass is 31.2. The molecular weight excluding hydrogens is 171 g/mol. The molecule has 11 heavy (non-hydrogen) atoms. The summed E-state index contributed by atoms with van der Waals surface area (Å²) in [6, 6.07) is -0.0190. The zero-order valence-electron chi connectivity index (χ0n) is 5.77. The van der Waals surface area contributed by atoms with Crippen molar-refractivity contribution in [2.75, 3.05) is 6.16 Å². The number of carboxylic acid groups (broad SMARTS) is 1. The number of rotatable bonds is 5. The molecule has 0 saturated heterocycles. The van der Waals surface area contributed by atoms with Gasteiger partial charge in [-0.1, -0.05) is 0 Å². The average Bonchev–Trinajstić information content (AvgIpc) is 1.87. The Labute approximate surface area is 63.5 Å². The molecule has 0 aromatic carbocycles. The molecule has 0 heterocycles. The van der Waals surface area contributed by atoms with Crippen LogP contribution in [0.1, 0.15) is 12.8 Å². The molecule has 0 fully saturated rings. The van der Waals surface area contributed by atoms with E-state index < -0.39 is 13.3 Å². The third kappa shape index (κ3) is 5.76. The van der Waals surface area contributed by atoms with E-state index in [4.69, 9.17) is 10.00 Å². The molecule has 0 rings (SSSR count). The molecule has 1 atom stereocenters. The highest BCUT2D eigenvalue weighted by molar-refractivity contribution is 7.72. The van der Waals surface area contributed by atoms with Crippen molar-refractivity contribution in [1.82, 2.24) is 0 Å². The lowest BCUT2D eigenvalue weighted by molar-refractivity contribution is -0.137. The minimum absolute atomic E-state index is 0.0190. The van der Waals surface area contributed by atoms with Crippen LogP contribution in [0.15, 0.2) is 0 Å². The van der Waals surface area contributed by atoms with Crippen LogP contribution in [-0.2, 0) is 14.2 Å². The second-order valence-corrected chi connectivity index (χ2v) is 4.25. The van der Waals surface area contributed by atoms with E-state index in [1.54, 1.807) is 0 Å². The lowest BCUT2D eigenvalue weighted by atomic mass is 10.3. The molecule has 6 heteroatoms. The molecule has 0 saturated carbocycles. The van der Waals surface area contributed by atoms with E-state index in [2.05, 4.69) is 0 Å². The zero-order valence-corrected chi connectivity index (χ0v) is 6.66. The zero-order chi connectivity index (χ0) is 8.91. The highest BCUT2D eigenvalue weighted by Crippen LogP contribution is 2.36. The summed E-state index contributed by atoms with van der Waals surface area (Å²) in [7, 11) is -3.67. The Morgan fingerprint density at radius 3 is 2.45 bits per heavy atom. The predicted molar refractivity (Wildman–Crippen MR) is 38.3 cm³/mol. The number of hydrogen-bond donors (Lipinski definition) is 2. The van der Waals surface area contributed by atoms with Crippen molar-refractivity contribution in [1.29, 1.82) is 0 Å². The van der Waals surface area contributed by atoms with Gasteiger partial charge in [0.2, 0.25) is 6.03 Å². The summed E-state index contributed by atoms with van der Waals surface area (Å²) < 4.78 is 10.6. The van der Waals surface area contributed by atoms with E-state index in [0.29, 0.717) is 0 Å². The van der Waals surface area contributed by atoms with Crippen LogP contribution in [-0.4, -0.2) is 28.2 Å². The topological polar surface area (TPSA) is 91.7 Å². The molecule has 0 radical (unpaired) electrons. The van der Waals surface area contributed by atoms with Gasteiger partial charge in [-0.2, -0.15) is 0 Å². The Balaban J connectivity index is 3.62. The van der Waals surface area contributed by atoms with Gasteiger partial charge in [-0.15, -0.1) is 0 Å². The molecule has 0 aliphatic carbocycles. The summed E-state index contributed by atoms with van der Waals surface area (Å²) in [6.07, 6.45) is -0.372. The Morgan fingerprint density at radius 1 is 1.55 bits per heavy atom. The molecule has 5 nitrogen and oxygen atoms in total. The normalized spacial score (nSPS) is 15.4. The van der Waals surface area contributed by atoms with Crippen LogP contribution in [0.5, 0.6) is 0 Å². The summed E-state index contributed by atoms with van der Waals surface area (Å²) in [5.74, 6) is -1.03. The van der Waals surface area contributed by atoms with E-state index >= 15 is 0 Å². The summed E-state index contributed by atoms with van der Waals surface area (Å²) in [4.78, 5) is 28.4. The van der Waals surface area contributed by atoms with E-state index in [1.807, 2.05) is 0 Å². The van der Waals surface area contributed by atoms with Gasteiger partial charge in [0, 0.05) is 12.6 Å². The van der Waals surface area contributed by atoms with Crippen molar-refractivity contribution in [3.63, 3.8) is 0 Å². The Kier molecular flexibility index (Phi) is 4.00. The first kappa shape index (κ1) is 10.3. The summed E-state index contributed by atoms with van der Waals surface area (Å²) in [5, 5.41) is 8.12. The minimum atomic E-state index is -3.67. The maximum absolute atomic E-state index is 10.6. The molecule has 0 aliphatic heterocycles. The maximum Gasteiger partial charge on any atom is 0.303 e. The van der Waals surface area contributed by atoms with Crippen molar-refractivity contribution in [2.24, 2.45) is 0 Å². The molecule has 0 spiro atoms. The van der Waals surface area contributed by atoms with Gasteiger partial charge in [-0.05, 0) is 6.42 Å². The number of carboxylic acids is 1. The van der Waals surface area contributed by atoms with E-state index in [9.17, 15) is 14.2 Å². The summed E-state index contributed by atoms with van der Waals surface area (Å²) in [6.45, 7) is 0. The van der Waals surface area contributed by atoms with E-state index in [-0.39, 0.29) is 25.0 Å². The van der Waals surface area contributed by atoms with Gasteiger partial charge < -0.3 is 10.00 Å². The van der Waals surface area contributed by atoms with Crippen LogP contribution in [0.4, 0.5) is 0 Å². The Hall–Kier alpha value is -0.670. The molecule has 0 aromatic heterocycles. The largest absolute Gasteiger partial charge is 0.481 e. The van der Waals surface area contributed by atoms with Gasteiger partial charge >= 0.3 is 5.97 Å². The van der Waals surface area contributed by atoms with Crippen molar-refractivity contribution in [3.05, 3.63) is 0 Å². The number of carbonyl (C=O) groups is 2. The van der Waals surface area contributed by atoms with Gasteiger partial charge in [0.25, 0.3) is 7.37 Å². The average molecular weight is 180 g/mol. The van der Waals surface area contributed by atoms with Crippen LogP contribution >= 0.6 is 7.37 Å². The molecule has 1 unspecified atom stereocenters. The molecule has 0 bridgehead atoms. The first-order chi connectivity index (χ1) is 4.98. The Morgan fingerprint density at radius 2 is 2.09 bits per heavy atom. The van der Waals surface area contributed by atoms with Crippen LogP contribution in [0.2, 0.25) is 0 Å². The summed E-state index contributed by atoms with van der Waals surface area (Å²) >= 11 is 0. The smallest absolute Gasteiger partial charge is 0.303 e. The molecule has 2 N–H and O–H groups in total. The van der Waals surface area contributed by atoms with Gasteiger partial charge in [0.15, 0.2) is 0 Å². The van der Waals surface area contributed by atoms with Gasteiger partial charge in [-0.3, -0.25) is 14.2 Å². The Bertz CT molecular complexity index is 199. The molecule has 0 amide bonds. The second-order valence-electron chi connectivity index (χ2n) is 2.08. The maximum atomic E-state index is 10.6. The molecule has 0 aromatic rings. The quantitative estimate of drug-likeness (QED) is 0.469. The van der Waals surface area contributed by atoms with Crippen LogP contribution < -0.4 is 0 Å². The number of carbonyl (C=O) groups excluding carboxylic acids is 1. The van der Waals surface area contributed by atoms with Crippen LogP contribution in [0, 0.1) is 0 Å². The standard InChI is InChI=1S/C5H9O5P/c6-4-11(9,10)3-1-2-5(7)8/h4H,1-3H2,(H,7,8)(H,9,10). The number of hydrogen-bond acceptors (Lipinski definition) is 3. The minimum Gasteiger partial charge on any atom is -0.481 e. The second kappa shape index (κ2) is 4.26. The monoisotopic (exact) mass is 180 g/mol. The van der Waals surface area contributed by atoms with E-state index in [0.717, 1.165) is 0 Å².